The Bertz CT molecular complexity index is 776. The molecule has 0 saturated heterocycles. The van der Waals surface area contributed by atoms with Gasteiger partial charge < -0.3 is 5.32 Å². The van der Waals surface area contributed by atoms with E-state index in [1.165, 1.54) is 19.1 Å². The second kappa shape index (κ2) is 7.55. The number of halogens is 2. The Morgan fingerprint density at radius 3 is 2.26 bits per heavy atom. The normalized spacial score (nSPS) is 10.0. The minimum absolute atomic E-state index is 0.0233. The van der Waals surface area contributed by atoms with Gasteiger partial charge in [0.1, 0.15) is 0 Å². The molecule has 2 rings (SSSR count). The van der Waals surface area contributed by atoms with Gasteiger partial charge in [0.05, 0.1) is 10.6 Å². The predicted molar refractivity (Wildman–Crippen MR) is 96.6 cm³/mol. The third-order valence-corrected chi connectivity index (χ3v) is 3.70. The second-order valence-corrected chi connectivity index (χ2v) is 5.92. The van der Waals surface area contributed by atoms with E-state index >= 15 is 0 Å². The molecule has 1 amide bonds. The van der Waals surface area contributed by atoms with Crippen LogP contribution < -0.4 is 10.6 Å². The van der Waals surface area contributed by atoms with Crippen molar-refractivity contribution in [3.8, 4) is 0 Å². The summed E-state index contributed by atoms with van der Waals surface area (Å²) in [6.07, 6.45) is 0. The Hall–Kier alpha value is -1.95. The van der Waals surface area contributed by atoms with Crippen molar-refractivity contribution in [3.05, 3.63) is 63.6 Å². The lowest BCUT2D eigenvalue weighted by molar-refractivity contribution is 0.0976. The molecule has 0 atom stereocenters. The zero-order valence-electron chi connectivity index (χ0n) is 12.0. The average Bonchev–Trinajstić information content (AvgIpc) is 2.47. The average molecular weight is 367 g/mol. The maximum atomic E-state index is 12.1. The molecule has 2 N–H and O–H groups in total. The van der Waals surface area contributed by atoms with Crippen LogP contribution in [-0.2, 0) is 0 Å². The van der Waals surface area contributed by atoms with Crippen molar-refractivity contribution in [3.63, 3.8) is 0 Å². The van der Waals surface area contributed by atoms with Crippen molar-refractivity contribution in [1.82, 2.24) is 5.32 Å². The maximum absolute atomic E-state index is 12.1. The van der Waals surface area contributed by atoms with Crippen molar-refractivity contribution in [2.45, 2.75) is 6.92 Å². The molecule has 0 aliphatic carbocycles. The van der Waals surface area contributed by atoms with Gasteiger partial charge in [-0.05, 0) is 61.6 Å². The largest absolute Gasteiger partial charge is 0.332 e. The zero-order valence-corrected chi connectivity index (χ0v) is 14.4. The monoisotopic (exact) mass is 366 g/mol. The molecule has 0 aromatic heterocycles. The van der Waals surface area contributed by atoms with E-state index in [0.717, 1.165) is 0 Å². The highest BCUT2D eigenvalue weighted by Gasteiger charge is 2.12. The number of rotatable bonds is 3. The molecule has 4 nitrogen and oxygen atoms in total. The predicted octanol–water partition coefficient (Wildman–Crippen LogP) is 4.32. The van der Waals surface area contributed by atoms with Crippen molar-refractivity contribution in [2.24, 2.45) is 0 Å². The van der Waals surface area contributed by atoms with Crippen LogP contribution in [0.5, 0.6) is 0 Å². The number of hydrogen-bond acceptors (Lipinski definition) is 3. The highest BCUT2D eigenvalue weighted by molar-refractivity contribution is 7.80. The van der Waals surface area contributed by atoms with Gasteiger partial charge in [-0.2, -0.15) is 0 Å². The lowest BCUT2D eigenvalue weighted by Gasteiger charge is -2.10. The van der Waals surface area contributed by atoms with E-state index in [-0.39, 0.29) is 21.5 Å². The number of anilines is 1. The van der Waals surface area contributed by atoms with Crippen molar-refractivity contribution < 1.29 is 9.59 Å². The fraction of sp³-hybridized carbons (Fsp3) is 0.0625. The van der Waals surface area contributed by atoms with E-state index in [2.05, 4.69) is 10.6 Å². The van der Waals surface area contributed by atoms with Crippen LogP contribution in [0.2, 0.25) is 10.0 Å². The highest BCUT2D eigenvalue weighted by atomic mass is 35.5. The van der Waals surface area contributed by atoms with Crippen LogP contribution in [-0.4, -0.2) is 16.8 Å². The van der Waals surface area contributed by atoms with Gasteiger partial charge in [0, 0.05) is 16.3 Å². The number of thiocarbonyl (C=S) groups is 1. The lowest BCUT2D eigenvalue weighted by Crippen LogP contribution is -2.34. The first kappa shape index (κ1) is 17.4. The molecule has 0 unspecified atom stereocenters. The van der Waals surface area contributed by atoms with Gasteiger partial charge in [-0.15, -0.1) is 0 Å². The summed E-state index contributed by atoms with van der Waals surface area (Å²) in [5.41, 5.74) is 1.52. The fourth-order valence-electron chi connectivity index (χ4n) is 1.79. The van der Waals surface area contributed by atoms with Crippen LogP contribution in [0, 0.1) is 0 Å². The molecule has 118 valence electrons. The third-order valence-electron chi connectivity index (χ3n) is 2.95. The van der Waals surface area contributed by atoms with Crippen LogP contribution in [0.3, 0.4) is 0 Å². The topological polar surface area (TPSA) is 58.2 Å². The summed E-state index contributed by atoms with van der Waals surface area (Å²) in [7, 11) is 0. The number of amides is 1. The molecule has 23 heavy (non-hydrogen) atoms. The molecule has 0 heterocycles. The smallest absolute Gasteiger partial charge is 0.258 e. The molecule has 2 aromatic rings. The van der Waals surface area contributed by atoms with Crippen molar-refractivity contribution in [2.75, 3.05) is 5.32 Å². The van der Waals surface area contributed by atoms with Gasteiger partial charge in [0.25, 0.3) is 5.91 Å². The molecule has 0 fully saturated rings. The number of ketones is 1. The molecule has 0 aliphatic rings. The summed E-state index contributed by atoms with van der Waals surface area (Å²) in [6.45, 7) is 1.49. The fourth-order valence-corrected chi connectivity index (χ4v) is 2.50. The Balaban J connectivity index is 2.01. The first-order valence-corrected chi connectivity index (χ1v) is 7.71. The number of Topliss-reactive ketones (excluding diaryl/α,β-unsaturated/α-hetero) is 1. The molecular formula is C16H12Cl2N2O2S. The first-order chi connectivity index (χ1) is 10.9. The Kier molecular flexibility index (Phi) is 5.71. The molecule has 0 bridgehead atoms. The van der Waals surface area contributed by atoms with Crippen LogP contribution in [0.25, 0.3) is 0 Å². The van der Waals surface area contributed by atoms with Gasteiger partial charge in [-0.3, -0.25) is 14.9 Å². The highest BCUT2D eigenvalue weighted by Crippen LogP contribution is 2.20. The van der Waals surface area contributed by atoms with Gasteiger partial charge in [-0.1, -0.05) is 23.2 Å². The number of nitrogens with one attached hydrogen (secondary N) is 2. The number of carbonyl (C=O) groups is 2. The minimum atomic E-state index is -0.440. The minimum Gasteiger partial charge on any atom is -0.332 e. The molecule has 7 heteroatoms. The summed E-state index contributed by atoms with van der Waals surface area (Å²) in [6, 6.07) is 11.3. The van der Waals surface area contributed by atoms with Crippen LogP contribution in [0.15, 0.2) is 42.5 Å². The van der Waals surface area contributed by atoms with E-state index in [4.69, 9.17) is 35.4 Å². The third kappa shape index (κ3) is 4.76. The molecule has 2 aromatic carbocycles. The summed E-state index contributed by atoms with van der Waals surface area (Å²) >= 11 is 16.9. The van der Waals surface area contributed by atoms with Crippen LogP contribution in [0.4, 0.5) is 5.69 Å². The van der Waals surface area contributed by atoms with Gasteiger partial charge in [0.2, 0.25) is 0 Å². The van der Waals surface area contributed by atoms with Gasteiger partial charge in [-0.25, -0.2) is 0 Å². The Morgan fingerprint density at radius 2 is 1.70 bits per heavy atom. The van der Waals surface area contributed by atoms with Crippen molar-refractivity contribution >= 4 is 57.9 Å². The van der Waals surface area contributed by atoms with Crippen molar-refractivity contribution in [1.29, 1.82) is 0 Å². The van der Waals surface area contributed by atoms with E-state index in [1.54, 1.807) is 30.3 Å². The van der Waals surface area contributed by atoms with Crippen LogP contribution in [0.1, 0.15) is 27.6 Å². The number of carbonyl (C=O) groups excluding carboxylic acids is 2. The Morgan fingerprint density at radius 1 is 1.04 bits per heavy atom. The zero-order chi connectivity index (χ0) is 17.0. The summed E-state index contributed by atoms with van der Waals surface area (Å²) in [4.78, 5) is 23.3. The van der Waals surface area contributed by atoms with Gasteiger partial charge in [0.15, 0.2) is 10.9 Å². The first-order valence-electron chi connectivity index (χ1n) is 6.55. The second-order valence-electron chi connectivity index (χ2n) is 4.67. The summed E-state index contributed by atoms with van der Waals surface area (Å²) in [5.74, 6) is -0.464. The standard InChI is InChI=1S/C16H12Cl2N2O2S/c1-9(21)10-2-5-12(6-3-10)19-16(23)20-15(22)13-7-4-11(17)8-14(13)18/h2-8H,1H3,(H2,19,20,22,23). The lowest BCUT2D eigenvalue weighted by atomic mass is 10.1. The van der Waals surface area contributed by atoms with Crippen LogP contribution >= 0.6 is 35.4 Å². The maximum Gasteiger partial charge on any atom is 0.258 e. The molecular weight excluding hydrogens is 355 g/mol. The SMILES string of the molecule is CC(=O)c1ccc(NC(=S)NC(=O)c2ccc(Cl)cc2Cl)cc1. The summed E-state index contributed by atoms with van der Waals surface area (Å²) in [5, 5.41) is 6.19. The van der Waals surface area contributed by atoms with Gasteiger partial charge >= 0.3 is 0 Å². The number of benzene rings is 2. The quantitative estimate of drug-likeness (QED) is 0.627. The molecule has 0 spiro atoms. The van der Waals surface area contributed by atoms with E-state index in [9.17, 15) is 9.59 Å². The summed E-state index contributed by atoms with van der Waals surface area (Å²) < 4.78 is 0. The van der Waals surface area contributed by atoms with E-state index in [0.29, 0.717) is 16.3 Å². The molecule has 0 aliphatic heterocycles. The molecule has 0 radical (unpaired) electrons. The van der Waals surface area contributed by atoms with E-state index in [1.807, 2.05) is 0 Å². The number of hydrogen-bond donors (Lipinski definition) is 2. The Labute approximate surface area is 148 Å². The molecule has 0 saturated carbocycles. The van der Waals surface area contributed by atoms with E-state index < -0.39 is 5.91 Å².